The summed E-state index contributed by atoms with van der Waals surface area (Å²) in [7, 11) is 0. The zero-order chi connectivity index (χ0) is 34.2. The lowest BCUT2D eigenvalue weighted by molar-refractivity contribution is 0.669. The molecule has 0 N–H and O–H groups in total. The van der Waals surface area contributed by atoms with Crippen LogP contribution in [-0.2, 0) is 0 Å². The van der Waals surface area contributed by atoms with Crippen LogP contribution in [0, 0.1) is 0 Å². The number of hydrogen-bond acceptors (Lipinski definition) is 5. The van der Waals surface area contributed by atoms with Crippen molar-refractivity contribution in [1.82, 2.24) is 15.0 Å². The van der Waals surface area contributed by atoms with Crippen LogP contribution in [0.15, 0.2) is 168 Å². The van der Waals surface area contributed by atoms with E-state index in [1.165, 1.54) is 41.9 Å². The van der Waals surface area contributed by atoms with E-state index in [-0.39, 0.29) is 0 Å². The Hall–Kier alpha value is -6.69. The Kier molecular flexibility index (Phi) is 6.39. The predicted octanol–water partition coefficient (Wildman–Crippen LogP) is 13.1. The maximum atomic E-state index is 6.48. The molecule has 0 radical (unpaired) electrons. The summed E-state index contributed by atoms with van der Waals surface area (Å²) in [5.41, 5.74) is 6.74. The maximum absolute atomic E-state index is 6.48. The Morgan fingerprint density at radius 3 is 1.96 bits per heavy atom. The topological polar surface area (TPSA) is 51.8 Å². The van der Waals surface area contributed by atoms with Gasteiger partial charge in [-0.2, -0.15) is 0 Å². The molecule has 0 aliphatic heterocycles. The van der Waals surface area contributed by atoms with Crippen LogP contribution in [0.4, 0.5) is 0 Å². The summed E-state index contributed by atoms with van der Waals surface area (Å²) < 4.78 is 9.03. The standard InChI is InChI=1S/C47H27N3OS/c1-2-12-29(13-3-1)45-48-46(37-19-9-18-35-33(37)24-25-36-34-16-6-7-22-42(34)52-44(35)36)50-47(49-45)38-20-10-21-41-43(38)39-27-30(23-26-40(39)51-41)32-17-8-14-28-11-4-5-15-31(28)32/h1-27H. The van der Waals surface area contributed by atoms with Gasteiger partial charge in [-0.1, -0.05) is 140 Å². The van der Waals surface area contributed by atoms with Gasteiger partial charge in [0.1, 0.15) is 11.2 Å². The average molecular weight is 682 g/mol. The van der Waals surface area contributed by atoms with Crippen LogP contribution in [-0.4, -0.2) is 15.0 Å². The van der Waals surface area contributed by atoms with Crippen molar-refractivity contribution in [2.24, 2.45) is 0 Å². The van der Waals surface area contributed by atoms with Gasteiger partial charge in [0.15, 0.2) is 17.5 Å². The summed E-state index contributed by atoms with van der Waals surface area (Å²) >= 11 is 1.83. The van der Waals surface area contributed by atoms with Gasteiger partial charge in [-0.05, 0) is 51.6 Å². The Bertz CT molecular complexity index is 3190. The second-order valence-corrected chi connectivity index (χ2v) is 14.2. The third-order valence-corrected chi connectivity index (χ3v) is 11.4. The van der Waals surface area contributed by atoms with Gasteiger partial charge in [-0.3, -0.25) is 0 Å². The third-order valence-electron chi connectivity index (χ3n) is 10.1. The number of aromatic nitrogens is 3. The molecule has 11 rings (SSSR count). The fourth-order valence-corrected chi connectivity index (χ4v) is 8.96. The smallest absolute Gasteiger partial charge is 0.164 e. The highest BCUT2D eigenvalue weighted by Gasteiger charge is 2.20. The van der Waals surface area contributed by atoms with Crippen molar-refractivity contribution in [1.29, 1.82) is 0 Å². The van der Waals surface area contributed by atoms with Crippen molar-refractivity contribution in [3.8, 4) is 45.3 Å². The molecule has 0 aliphatic rings. The summed E-state index contributed by atoms with van der Waals surface area (Å²) in [6, 6.07) is 57.3. The quantitative estimate of drug-likeness (QED) is 0.185. The van der Waals surface area contributed by atoms with E-state index in [4.69, 9.17) is 19.4 Å². The first-order chi connectivity index (χ1) is 25.8. The number of nitrogens with zero attached hydrogens (tertiary/aromatic N) is 3. The van der Waals surface area contributed by atoms with Crippen LogP contribution in [0.5, 0.6) is 0 Å². The largest absolute Gasteiger partial charge is 0.456 e. The summed E-state index contributed by atoms with van der Waals surface area (Å²) in [6.45, 7) is 0. The maximum Gasteiger partial charge on any atom is 0.164 e. The first-order valence-electron chi connectivity index (χ1n) is 17.4. The van der Waals surface area contributed by atoms with Crippen LogP contribution in [0.1, 0.15) is 0 Å². The highest BCUT2D eigenvalue weighted by atomic mass is 32.1. The van der Waals surface area contributed by atoms with Crippen molar-refractivity contribution >= 4 is 75.0 Å². The van der Waals surface area contributed by atoms with Gasteiger partial charge in [0.25, 0.3) is 0 Å². The molecular formula is C47H27N3OS. The van der Waals surface area contributed by atoms with Gasteiger partial charge in [-0.15, -0.1) is 11.3 Å². The van der Waals surface area contributed by atoms with Crippen LogP contribution in [0.3, 0.4) is 0 Å². The normalized spacial score (nSPS) is 11.8. The molecule has 0 bridgehead atoms. The monoisotopic (exact) mass is 681 g/mol. The molecule has 0 saturated carbocycles. The summed E-state index contributed by atoms with van der Waals surface area (Å²) in [5.74, 6) is 1.87. The van der Waals surface area contributed by atoms with Crippen LogP contribution < -0.4 is 0 Å². The van der Waals surface area contributed by atoms with Gasteiger partial charge in [-0.25, -0.2) is 15.0 Å². The van der Waals surface area contributed by atoms with Crippen LogP contribution in [0.25, 0.3) is 109 Å². The lowest BCUT2D eigenvalue weighted by Gasteiger charge is -2.11. The summed E-state index contributed by atoms with van der Waals surface area (Å²) in [5, 5.41) is 9.31. The Balaban J connectivity index is 1.15. The second kappa shape index (κ2) is 11.4. The molecule has 3 heterocycles. The molecule has 0 fully saturated rings. The molecule has 0 atom stereocenters. The fourth-order valence-electron chi connectivity index (χ4n) is 7.73. The number of thiophene rings is 1. The molecule has 52 heavy (non-hydrogen) atoms. The van der Waals surface area contributed by atoms with E-state index in [0.717, 1.165) is 49.6 Å². The molecule has 5 heteroatoms. The molecule has 0 unspecified atom stereocenters. The lowest BCUT2D eigenvalue weighted by Crippen LogP contribution is -2.00. The zero-order valence-electron chi connectivity index (χ0n) is 27.7. The number of rotatable bonds is 4. The first-order valence-corrected chi connectivity index (χ1v) is 18.2. The molecule has 4 nitrogen and oxygen atoms in total. The SMILES string of the molecule is c1ccc(-c2nc(-c3cccc4c3ccc3c5ccccc5sc43)nc(-c3cccc4oc5ccc(-c6cccc7ccccc67)cc5c34)n2)cc1. The van der Waals surface area contributed by atoms with E-state index in [2.05, 4.69) is 133 Å². The highest BCUT2D eigenvalue weighted by molar-refractivity contribution is 7.26. The molecular weight excluding hydrogens is 655 g/mol. The Morgan fingerprint density at radius 1 is 0.385 bits per heavy atom. The van der Waals surface area contributed by atoms with Crippen molar-refractivity contribution in [2.75, 3.05) is 0 Å². The predicted molar refractivity (Wildman–Crippen MR) is 217 cm³/mol. The van der Waals surface area contributed by atoms with E-state index in [1.54, 1.807) is 0 Å². The second-order valence-electron chi connectivity index (χ2n) is 13.1. The third kappa shape index (κ3) is 4.50. The molecule has 3 aromatic heterocycles. The minimum absolute atomic E-state index is 0.604. The number of hydrogen-bond donors (Lipinski definition) is 0. The van der Waals surface area contributed by atoms with Crippen molar-refractivity contribution in [3.63, 3.8) is 0 Å². The number of fused-ring (bicyclic) bond motifs is 9. The first kappa shape index (κ1) is 29.1. The van der Waals surface area contributed by atoms with Gasteiger partial charge in [0.2, 0.25) is 0 Å². The van der Waals surface area contributed by atoms with E-state index >= 15 is 0 Å². The minimum Gasteiger partial charge on any atom is -0.456 e. The van der Waals surface area contributed by atoms with Gasteiger partial charge in [0.05, 0.1) is 0 Å². The van der Waals surface area contributed by atoms with Gasteiger partial charge < -0.3 is 4.42 Å². The molecule has 0 amide bonds. The van der Waals surface area contributed by atoms with Gasteiger partial charge in [0, 0.05) is 53.0 Å². The van der Waals surface area contributed by atoms with Crippen molar-refractivity contribution in [2.45, 2.75) is 0 Å². The molecule has 242 valence electrons. The highest BCUT2D eigenvalue weighted by Crippen LogP contribution is 2.42. The fraction of sp³-hybridized carbons (Fsp3) is 0. The van der Waals surface area contributed by atoms with Crippen LogP contribution in [0.2, 0.25) is 0 Å². The van der Waals surface area contributed by atoms with Crippen molar-refractivity contribution in [3.05, 3.63) is 164 Å². The number of benzene rings is 8. The molecule has 0 saturated heterocycles. The summed E-state index contributed by atoms with van der Waals surface area (Å²) in [4.78, 5) is 15.6. The van der Waals surface area contributed by atoms with E-state index in [0.29, 0.717) is 17.5 Å². The average Bonchev–Trinajstić information content (AvgIpc) is 3.79. The zero-order valence-corrected chi connectivity index (χ0v) is 28.6. The summed E-state index contributed by atoms with van der Waals surface area (Å²) in [6.07, 6.45) is 0. The van der Waals surface area contributed by atoms with Crippen molar-refractivity contribution < 1.29 is 4.42 Å². The van der Waals surface area contributed by atoms with Crippen LogP contribution >= 0.6 is 11.3 Å². The molecule has 0 aliphatic carbocycles. The van der Waals surface area contributed by atoms with Gasteiger partial charge >= 0.3 is 0 Å². The molecule has 0 spiro atoms. The molecule has 8 aromatic carbocycles. The lowest BCUT2D eigenvalue weighted by atomic mass is 9.96. The van der Waals surface area contributed by atoms with E-state index in [9.17, 15) is 0 Å². The van der Waals surface area contributed by atoms with E-state index < -0.39 is 0 Å². The van der Waals surface area contributed by atoms with E-state index in [1.807, 2.05) is 41.7 Å². The number of furan rings is 1. The Morgan fingerprint density at radius 2 is 1.04 bits per heavy atom. The Labute approximate surface area is 302 Å². The molecule has 11 aromatic rings. The minimum atomic E-state index is 0.604.